The quantitative estimate of drug-likeness (QED) is 0.695. The van der Waals surface area contributed by atoms with Gasteiger partial charge in [-0.1, -0.05) is 29.4 Å². The van der Waals surface area contributed by atoms with Crippen molar-refractivity contribution in [3.63, 3.8) is 0 Å². The van der Waals surface area contributed by atoms with Gasteiger partial charge in [0.05, 0.1) is 6.61 Å². The number of aromatic nitrogens is 2. The smallest absolute Gasteiger partial charge is 0.383 e. The first kappa shape index (κ1) is 19.6. The molecule has 1 aromatic heterocycles. The Morgan fingerprint density at radius 2 is 1.88 bits per heavy atom. The van der Waals surface area contributed by atoms with Gasteiger partial charge in [-0.05, 0) is 5.56 Å². The molecule has 26 heavy (non-hydrogen) atoms. The topological polar surface area (TPSA) is 85.5 Å². The summed E-state index contributed by atoms with van der Waals surface area (Å²) in [5.74, 6) is -2.85. The molecule has 1 aromatic carbocycles. The monoisotopic (exact) mass is 371 g/mol. The lowest BCUT2D eigenvalue weighted by atomic mass is 10.1. The second-order valence-corrected chi connectivity index (χ2v) is 5.39. The molecular formula is C16H16F3N3O4. The molecule has 7 nitrogen and oxygen atoms in total. The van der Waals surface area contributed by atoms with Crippen molar-refractivity contribution in [1.29, 1.82) is 0 Å². The summed E-state index contributed by atoms with van der Waals surface area (Å²) in [4.78, 5) is 27.9. The molecule has 0 saturated heterocycles. The Balaban J connectivity index is 2.13. The minimum absolute atomic E-state index is 0.155. The van der Waals surface area contributed by atoms with Crippen LogP contribution in [0.2, 0.25) is 0 Å². The van der Waals surface area contributed by atoms with Gasteiger partial charge in [0.15, 0.2) is 0 Å². The number of ketones is 1. The number of nitrogens with zero attached hydrogens (tertiary/aromatic N) is 3. The second-order valence-electron chi connectivity index (χ2n) is 5.39. The third-order valence-electron chi connectivity index (χ3n) is 3.41. The molecule has 0 aliphatic carbocycles. The van der Waals surface area contributed by atoms with Crippen LogP contribution in [0.4, 0.5) is 13.2 Å². The van der Waals surface area contributed by atoms with E-state index in [9.17, 15) is 22.8 Å². The van der Waals surface area contributed by atoms with Gasteiger partial charge in [0.25, 0.3) is 5.91 Å². The minimum atomic E-state index is -4.71. The summed E-state index contributed by atoms with van der Waals surface area (Å²) in [7, 11) is 1.48. The molecule has 0 unspecified atom stereocenters. The predicted molar refractivity (Wildman–Crippen MR) is 82.7 cm³/mol. The fourth-order valence-electron chi connectivity index (χ4n) is 2.11. The minimum Gasteiger partial charge on any atom is -0.383 e. The Labute approximate surface area is 146 Å². The lowest BCUT2D eigenvalue weighted by molar-refractivity contribution is -0.159. The van der Waals surface area contributed by atoms with Crippen LogP contribution in [0.15, 0.2) is 28.8 Å². The summed E-state index contributed by atoms with van der Waals surface area (Å²) in [6, 6.07) is 6.22. The maximum atomic E-state index is 12.5. The van der Waals surface area contributed by atoms with E-state index in [1.54, 1.807) is 12.1 Å². The van der Waals surface area contributed by atoms with Crippen LogP contribution in [0.25, 0.3) is 11.4 Å². The SMILES string of the molecule is COCCN(Cc1ccc(-c2noc(C(F)(F)F)n2)cc1)C(=O)C(C)=O. The maximum Gasteiger partial charge on any atom is 0.471 e. The van der Waals surface area contributed by atoms with Crippen molar-refractivity contribution in [1.82, 2.24) is 15.0 Å². The van der Waals surface area contributed by atoms with E-state index in [4.69, 9.17) is 4.74 Å². The van der Waals surface area contributed by atoms with Crippen molar-refractivity contribution in [3.05, 3.63) is 35.7 Å². The highest BCUT2D eigenvalue weighted by atomic mass is 19.4. The van der Waals surface area contributed by atoms with Crippen molar-refractivity contribution < 1.29 is 32.0 Å². The van der Waals surface area contributed by atoms with Crippen LogP contribution >= 0.6 is 0 Å². The molecule has 0 spiro atoms. The molecule has 0 radical (unpaired) electrons. The van der Waals surface area contributed by atoms with Gasteiger partial charge < -0.3 is 14.2 Å². The Morgan fingerprint density at radius 3 is 2.38 bits per heavy atom. The number of halogens is 3. The van der Waals surface area contributed by atoms with E-state index in [1.165, 1.54) is 31.1 Å². The van der Waals surface area contributed by atoms with Gasteiger partial charge in [0.1, 0.15) is 0 Å². The van der Waals surface area contributed by atoms with Crippen molar-refractivity contribution in [2.24, 2.45) is 0 Å². The number of methoxy groups -OCH3 is 1. The highest BCUT2D eigenvalue weighted by molar-refractivity contribution is 6.35. The van der Waals surface area contributed by atoms with E-state index < -0.39 is 23.8 Å². The molecule has 0 fully saturated rings. The summed E-state index contributed by atoms with van der Waals surface area (Å²) >= 11 is 0. The summed E-state index contributed by atoms with van der Waals surface area (Å²) in [5.41, 5.74) is 1.01. The average Bonchev–Trinajstić information content (AvgIpc) is 3.09. The summed E-state index contributed by atoms with van der Waals surface area (Å²) in [6.45, 7) is 1.83. The number of Topliss-reactive ketones (excluding diaryl/α,β-unsaturated/α-hetero) is 1. The van der Waals surface area contributed by atoms with Crippen molar-refractivity contribution in [2.45, 2.75) is 19.6 Å². The number of amides is 1. The van der Waals surface area contributed by atoms with E-state index in [0.717, 1.165) is 0 Å². The molecule has 2 aromatic rings. The first-order valence-electron chi connectivity index (χ1n) is 7.51. The van der Waals surface area contributed by atoms with Crippen molar-refractivity contribution in [2.75, 3.05) is 20.3 Å². The molecule has 10 heteroatoms. The van der Waals surface area contributed by atoms with Crippen LogP contribution in [0.5, 0.6) is 0 Å². The summed E-state index contributed by atoms with van der Waals surface area (Å²) in [6.07, 6.45) is -4.71. The molecule has 140 valence electrons. The molecule has 0 atom stereocenters. The number of carbonyl (C=O) groups is 2. The fraction of sp³-hybridized carbons (Fsp3) is 0.375. The third kappa shape index (κ3) is 4.88. The van der Waals surface area contributed by atoms with Crippen LogP contribution in [0, 0.1) is 0 Å². The van der Waals surface area contributed by atoms with E-state index in [0.29, 0.717) is 11.1 Å². The standard InChI is InChI=1S/C16H16F3N3O4/c1-10(23)14(24)22(7-8-25-2)9-11-3-5-12(6-4-11)13-20-15(26-21-13)16(17,18)19/h3-6H,7-9H2,1-2H3. The molecule has 1 heterocycles. The lowest BCUT2D eigenvalue weighted by Crippen LogP contribution is -2.37. The zero-order chi connectivity index (χ0) is 19.3. The van der Waals surface area contributed by atoms with E-state index in [1.807, 2.05) is 0 Å². The maximum absolute atomic E-state index is 12.5. The normalized spacial score (nSPS) is 11.4. The first-order chi connectivity index (χ1) is 12.2. The Kier molecular flexibility index (Phi) is 6.09. The fourth-order valence-corrected chi connectivity index (χ4v) is 2.11. The van der Waals surface area contributed by atoms with Crippen LogP contribution < -0.4 is 0 Å². The zero-order valence-electron chi connectivity index (χ0n) is 14.0. The number of benzene rings is 1. The van der Waals surface area contributed by atoms with Crippen molar-refractivity contribution in [3.8, 4) is 11.4 Å². The second kappa shape index (κ2) is 8.09. The number of hydrogen-bond acceptors (Lipinski definition) is 6. The van der Waals surface area contributed by atoms with Gasteiger partial charge >= 0.3 is 12.1 Å². The molecular weight excluding hydrogens is 355 g/mol. The number of carbonyl (C=O) groups excluding carboxylic acids is 2. The van der Waals surface area contributed by atoms with Crippen LogP contribution in [0.1, 0.15) is 18.4 Å². The van der Waals surface area contributed by atoms with Crippen LogP contribution in [-0.2, 0) is 27.0 Å². The highest BCUT2D eigenvalue weighted by Crippen LogP contribution is 2.29. The number of ether oxygens (including phenoxy) is 1. The van der Waals surface area contributed by atoms with Gasteiger partial charge in [-0.3, -0.25) is 9.59 Å². The van der Waals surface area contributed by atoms with Gasteiger partial charge in [0, 0.05) is 32.7 Å². The average molecular weight is 371 g/mol. The molecule has 1 amide bonds. The van der Waals surface area contributed by atoms with E-state index in [-0.39, 0.29) is 25.5 Å². The molecule has 0 saturated carbocycles. The first-order valence-corrected chi connectivity index (χ1v) is 7.51. The number of hydrogen-bond donors (Lipinski definition) is 0. The zero-order valence-corrected chi connectivity index (χ0v) is 14.0. The molecule has 0 bridgehead atoms. The highest BCUT2D eigenvalue weighted by Gasteiger charge is 2.38. The molecule has 0 aliphatic heterocycles. The van der Waals surface area contributed by atoms with Gasteiger partial charge in [-0.15, -0.1) is 0 Å². The van der Waals surface area contributed by atoms with Crippen LogP contribution in [0.3, 0.4) is 0 Å². The number of alkyl halides is 3. The molecule has 2 rings (SSSR count). The van der Waals surface area contributed by atoms with Gasteiger partial charge in [0.2, 0.25) is 11.6 Å². The Morgan fingerprint density at radius 1 is 1.23 bits per heavy atom. The van der Waals surface area contributed by atoms with Crippen molar-refractivity contribution >= 4 is 11.7 Å². The number of rotatable bonds is 7. The van der Waals surface area contributed by atoms with Gasteiger partial charge in [-0.2, -0.15) is 18.2 Å². The lowest BCUT2D eigenvalue weighted by Gasteiger charge is -2.21. The predicted octanol–water partition coefficient (Wildman–Crippen LogP) is 2.32. The van der Waals surface area contributed by atoms with Crippen LogP contribution in [-0.4, -0.2) is 47.0 Å². The summed E-state index contributed by atoms with van der Waals surface area (Å²) < 4.78 is 46.6. The Hall–Kier alpha value is -2.75. The molecule has 0 aliphatic rings. The van der Waals surface area contributed by atoms with E-state index >= 15 is 0 Å². The molecule has 0 N–H and O–H groups in total. The van der Waals surface area contributed by atoms with Gasteiger partial charge in [-0.25, -0.2) is 0 Å². The summed E-state index contributed by atoms with van der Waals surface area (Å²) in [5, 5.41) is 3.30. The largest absolute Gasteiger partial charge is 0.471 e. The van der Waals surface area contributed by atoms with E-state index in [2.05, 4.69) is 14.7 Å². The third-order valence-corrected chi connectivity index (χ3v) is 3.41. The Bertz CT molecular complexity index is 772.